The molecule has 2 fully saturated rings. The predicted molar refractivity (Wildman–Crippen MR) is 109 cm³/mol. The SMILES string of the molecule is COCCCN1CCCN(S(=O)(=O)c2ccc(C3CCCCC3)cc2)CC1. The Morgan fingerprint density at radius 2 is 1.70 bits per heavy atom. The maximum absolute atomic E-state index is 13.1. The quantitative estimate of drug-likeness (QED) is 0.665. The molecule has 0 aromatic heterocycles. The molecule has 152 valence electrons. The minimum absolute atomic E-state index is 0.440. The summed E-state index contributed by atoms with van der Waals surface area (Å²) in [4.78, 5) is 2.79. The fraction of sp³-hybridized carbons (Fsp3) is 0.714. The topological polar surface area (TPSA) is 49.9 Å². The van der Waals surface area contributed by atoms with Gasteiger partial charge in [-0.1, -0.05) is 31.4 Å². The van der Waals surface area contributed by atoms with Crippen LogP contribution in [0.15, 0.2) is 29.2 Å². The monoisotopic (exact) mass is 394 g/mol. The molecule has 3 rings (SSSR count). The van der Waals surface area contributed by atoms with Gasteiger partial charge in [0.15, 0.2) is 0 Å². The van der Waals surface area contributed by atoms with Gasteiger partial charge in [-0.3, -0.25) is 0 Å². The lowest BCUT2D eigenvalue weighted by Crippen LogP contribution is -2.35. The molecule has 1 heterocycles. The van der Waals surface area contributed by atoms with Gasteiger partial charge in [0.25, 0.3) is 0 Å². The van der Waals surface area contributed by atoms with Crippen molar-refractivity contribution in [1.29, 1.82) is 0 Å². The van der Waals surface area contributed by atoms with Crippen molar-refractivity contribution in [3.05, 3.63) is 29.8 Å². The summed E-state index contributed by atoms with van der Waals surface area (Å²) < 4.78 is 32.9. The largest absolute Gasteiger partial charge is 0.385 e. The van der Waals surface area contributed by atoms with Crippen LogP contribution in [-0.2, 0) is 14.8 Å². The van der Waals surface area contributed by atoms with Crippen LogP contribution in [0.1, 0.15) is 56.4 Å². The van der Waals surface area contributed by atoms with Crippen molar-refractivity contribution in [3.8, 4) is 0 Å². The maximum atomic E-state index is 13.1. The van der Waals surface area contributed by atoms with Gasteiger partial charge in [0.2, 0.25) is 10.0 Å². The Morgan fingerprint density at radius 1 is 0.963 bits per heavy atom. The van der Waals surface area contributed by atoms with Gasteiger partial charge in [0.1, 0.15) is 0 Å². The summed E-state index contributed by atoms with van der Waals surface area (Å²) in [5.41, 5.74) is 1.30. The summed E-state index contributed by atoms with van der Waals surface area (Å²) in [7, 11) is -1.68. The van der Waals surface area contributed by atoms with Crippen LogP contribution in [0, 0.1) is 0 Å². The zero-order valence-corrected chi connectivity index (χ0v) is 17.4. The van der Waals surface area contributed by atoms with E-state index >= 15 is 0 Å². The molecule has 0 radical (unpaired) electrons. The third-order valence-electron chi connectivity index (χ3n) is 5.96. The summed E-state index contributed by atoms with van der Waals surface area (Å²) in [6.45, 7) is 4.65. The number of nitrogens with zero attached hydrogens (tertiary/aromatic N) is 2. The van der Waals surface area contributed by atoms with Crippen LogP contribution in [0.4, 0.5) is 0 Å². The number of ether oxygens (including phenoxy) is 1. The van der Waals surface area contributed by atoms with Crippen molar-refractivity contribution >= 4 is 10.0 Å². The lowest BCUT2D eigenvalue weighted by Gasteiger charge is -2.23. The normalized spacial score (nSPS) is 21.2. The molecule has 2 aliphatic rings. The van der Waals surface area contributed by atoms with Gasteiger partial charge in [-0.25, -0.2) is 8.42 Å². The molecule has 0 spiro atoms. The zero-order valence-electron chi connectivity index (χ0n) is 16.6. The third-order valence-corrected chi connectivity index (χ3v) is 7.88. The molecule has 1 saturated heterocycles. The molecule has 1 aromatic rings. The first-order valence-electron chi connectivity index (χ1n) is 10.4. The van der Waals surface area contributed by atoms with E-state index in [2.05, 4.69) is 4.90 Å². The molecule has 0 N–H and O–H groups in total. The number of rotatable bonds is 7. The van der Waals surface area contributed by atoms with E-state index in [9.17, 15) is 8.42 Å². The van der Waals surface area contributed by atoms with Gasteiger partial charge in [0, 0.05) is 39.9 Å². The summed E-state index contributed by atoms with van der Waals surface area (Å²) in [6, 6.07) is 7.72. The highest BCUT2D eigenvalue weighted by Crippen LogP contribution is 2.33. The molecule has 1 saturated carbocycles. The van der Waals surface area contributed by atoms with Gasteiger partial charge in [-0.05, 0) is 55.8 Å². The standard InChI is InChI=1S/C21H34N2O3S/c1-26-18-6-14-22-13-5-15-23(17-16-22)27(24,25)21-11-9-20(10-12-21)19-7-3-2-4-8-19/h9-12,19H,2-8,13-18H2,1H3. The fourth-order valence-corrected chi connectivity index (χ4v) is 5.81. The highest BCUT2D eigenvalue weighted by molar-refractivity contribution is 7.89. The van der Waals surface area contributed by atoms with Crippen LogP contribution in [0.2, 0.25) is 0 Å². The second-order valence-corrected chi connectivity index (χ2v) is 9.79. The van der Waals surface area contributed by atoms with Gasteiger partial charge in [-0.2, -0.15) is 4.31 Å². The van der Waals surface area contributed by atoms with Crippen LogP contribution >= 0.6 is 0 Å². The van der Waals surface area contributed by atoms with E-state index in [0.717, 1.165) is 39.1 Å². The van der Waals surface area contributed by atoms with E-state index < -0.39 is 10.0 Å². The summed E-state index contributed by atoms with van der Waals surface area (Å²) in [6.07, 6.45) is 8.26. The highest BCUT2D eigenvalue weighted by atomic mass is 32.2. The lowest BCUT2D eigenvalue weighted by molar-refractivity contribution is 0.173. The van der Waals surface area contributed by atoms with Crippen molar-refractivity contribution in [2.75, 3.05) is 46.4 Å². The molecule has 0 unspecified atom stereocenters. The molecule has 0 amide bonds. The minimum atomic E-state index is -3.40. The molecule has 6 heteroatoms. The number of benzene rings is 1. The molecule has 0 atom stereocenters. The average molecular weight is 395 g/mol. The molecule has 5 nitrogen and oxygen atoms in total. The van der Waals surface area contributed by atoms with Gasteiger partial charge in [0.05, 0.1) is 4.90 Å². The van der Waals surface area contributed by atoms with E-state index in [1.807, 2.05) is 24.3 Å². The first-order valence-corrected chi connectivity index (χ1v) is 11.9. The van der Waals surface area contributed by atoms with Crippen molar-refractivity contribution < 1.29 is 13.2 Å². The third kappa shape index (κ3) is 5.53. The van der Waals surface area contributed by atoms with Crippen molar-refractivity contribution in [1.82, 2.24) is 9.21 Å². The first kappa shape index (κ1) is 20.8. The first-order chi connectivity index (χ1) is 13.1. The Morgan fingerprint density at radius 3 is 2.41 bits per heavy atom. The molecule has 1 aliphatic carbocycles. The van der Waals surface area contributed by atoms with E-state index in [-0.39, 0.29) is 0 Å². The van der Waals surface area contributed by atoms with E-state index in [1.165, 1.54) is 37.7 Å². The van der Waals surface area contributed by atoms with Crippen LogP contribution in [0.25, 0.3) is 0 Å². The van der Waals surface area contributed by atoms with E-state index in [1.54, 1.807) is 11.4 Å². The number of sulfonamides is 1. The number of hydrogen-bond acceptors (Lipinski definition) is 4. The summed E-state index contributed by atoms with van der Waals surface area (Å²) in [5.74, 6) is 0.606. The van der Waals surface area contributed by atoms with Crippen LogP contribution < -0.4 is 0 Å². The van der Waals surface area contributed by atoms with Crippen LogP contribution in [0.5, 0.6) is 0 Å². The molecule has 0 bridgehead atoms. The summed E-state index contributed by atoms with van der Waals surface area (Å²) in [5, 5.41) is 0. The van der Waals surface area contributed by atoms with Crippen molar-refractivity contribution in [3.63, 3.8) is 0 Å². The van der Waals surface area contributed by atoms with E-state index in [0.29, 0.717) is 23.9 Å². The van der Waals surface area contributed by atoms with Gasteiger partial charge in [-0.15, -0.1) is 0 Å². The fourth-order valence-electron chi connectivity index (χ4n) is 4.34. The van der Waals surface area contributed by atoms with Crippen molar-refractivity contribution in [2.45, 2.75) is 55.8 Å². The molecular weight excluding hydrogens is 360 g/mol. The Kier molecular flexibility index (Phi) is 7.70. The second-order valence-electron chi connectivity index (χ2n) is 7.85. The Bertz CT molecular complexity index is 669. The number of methoxy groups -OCH3 is 1. The van der Waals surface area contributed by atoms with Crippen molar-refractivity contribution in [2.24, 2.45) is 0 Å². The molecule has 27 heavy (non-hydrogen) atoms. The lowest BCUT2D eigenvalue weighted by atomic mass is 9.84. The predicted octanol–water partition coefficient (Wildman–Crippen LogP) is 3.47. The molecule has 1 aliphatic heterocycles. The smallest absolute Gasteiger partial charge is 0.243 e. The van der Waals surface area contributed by atoms with Crippen LogP contribution in [0.3, 0.4) is 0 Å². The van der Waals surface area contributed by atoms with Crippen LogP contribution in [-0.4, -0.2) is 64.1 Å². The van der Waals surface area contributed by atoms with Gasteiger partial charge < -0.3 is 9.64 Å². The maximum Gasteiger partial charge on any atom is 0.243 e. The minimum Gasteiger partial charge on any atom is -0.385 e. The summed E-state index contributed by atoms with van der Waals surface area (Å²) >= 11 is 0. The second kappa shape index (κ2) is 10.0. The highest BCUT2D eigenvalue weighted by Gasteiger charge is 2.27. The zero-order chi connectivity index (χ0) is 19.1. The number of hydrogen-bond donors (Lipinski definition) is 0. The van der Waals surface area contributed by atoms with E-state index in [4.69, 9.17) is 4.74 Å². The van der Waals surface area contributed by atoms with Gasteiger partial charge >= 0.3 is 0 Å². The molecule has 1 aromatic carbocycles. The Balaban J connectivity index is 1.61. The molecular formula is C21H34N2O3S. The average Bonchev–Trinajstić information content (AvgIpc) is 2.95. The Labute approximate surface area is 164 Å². The Hall–Kier alpha value is -0.950.